The highest BCUT2D eigenvalue weighted by molar-refractivity contribution is 6.42. The molecule has 0 aliphatic carbocycles. The van der Waals surface area contributed by atoms with Gasteiger partial charge in [-0.25, -0.2) is 0 Å². The van der Waals surface area contributed by atoms with Gasteiger partial charge >= 0.3 is 0 Å². The van der Waals surface area contributed by atoms with Gasteiger partial charge in [0.05, 0.1) is 35.4 Å². The molecule has 144 valence electrons. The molecule has 3 heterocycles. The van der Waals surface area contributed by atoms with E-state index >= 15 is 0 Å². The Labute approximate surface area is 172 Å². The topological polar surface area (TPSA) is 60.2 Å². The van der Waals surface area contributed by atoms with E-state index in [0.717, 1.165) is 16.8 Å². The molecule has 0 saturated heterocycles. The number of nitrogens with zero attached hydrogens (tertiary/aromatic N) is 4. The van der Waals surface area contributed by atoms with Crippen molar-refractivity contribution in [2.24, 2.45) is 0 Å². The predicted molar refractivity (Wildman–Crippen MR) is 109 cm³/mol. The van der Waals surface area contributed by atoms with E-state index in [9.17, 15) is 4.79 Å². The number of benzene rings is 1. The van der Waals surface area contributed by atoms with Crippen molar-refractivity contribution in [2.75, 3.05) is 25.2 Å². The zero-order valence-corrected chi connectivity index (χ0v) is 16.9. The standard InChI is InChI=1S/C20H18Cl2N4O2/c1-12-7-13(5-6-23-12)16-9-24-26-15(11-28-2)10-25(20(27)19(16)26)14-3-4-17(21)18(22)8-14/h3-9,15H,10-11H2,1-2H3/t15-/m1/s1. The van der Waals surface area contributed by atoms with Crippen LogP contribution in [0.5, 0.6) is 0 Å². The summed E-state index contributed by atoms with van der Waals surface area (Å²) in [5, 5.41) is 5.34. The summed E-state index contributed by atoms with van der Waals surface area (Å²) in [6, 6.07) is 8.88. The van der Waals surface area contributed by atoms with Crippen molar-refractivity contribution >= 4 is 34.8 Å². The molecule has 1 aliphatic rings. The Bertz CT molecular complexity index is 1050. The Morgan fingerprint density at radius 1 is 1.21 bits per heavy atom. The van der Waals surface area contributed by atoms with E-state index in [1.807, 2.05) is 19.1 Å². The molecule has 1 atom stereocenters. The van der Waals surface area contributed by atoms with Crippen LogP contribution in [0.15, 0.2) is 42.7 Å². The van der Waals surface area contributed by atoms with Crippen LogP contribution in [-0.4, -0.2) is 40.9 Å². The first-order valence-electron chi connectivity index (χ1n) is 8.76. The van der Waals surface area contributed by atoms with Gasteiger partial charge in [-0.15, -0.1) is 0 Å². The van der Waals surface area contributed by atoms with Gasteiger partial charge in [-0.05, 0) is 42.8 Å². The van der Waals surface area contributed by atoms with Crippen LogP contribution in [0.4, 0.5) is 5.69 Å². The zero-order valence-electron chi connectivity index (χ0n) is 15.4. The first-order chi connectivity index (χ1) is 13.5. The van der Waals surface area contributed by atoms with E-state index < -0.39 is 0 Å². The number of carbonyl (C=O) groups excluding carboxylic acids is 1. The van der Waals surface area contributed by atoms with E-state index in [1.54, 1.807) is 47.3 Å². The monoisotopic (exact) mass is 416 g/mol. The van der Waals surface area contributed by atoms with Crippen molar-refractivity contribution in [1.82, 2.24) is 14.8 Å². The summed E-state index contributed by atoms with van der Waals surface area (Å²) in [6.07, 6.45) is 3.45. The van der Waals surface area contributed by atoms with Crippen molar-refractivity contribution in [2.45, 2.75) is 13.0 Å². The van der Waals surface area contributed by atoms with E-state index in [-0.39, 0.29) is 11.9 Å². The number of pyridine rings is 1. The smallest absolute Gasteiger partial charge is 0.277 e. The second kappa shape index (κ2) is 7.54. The average molecular weight is 417 g/mol. The minimum absolute atomic E-state index is 0.121. The Hall–Kier alpha value is -2.41. The van der Waals surface area contributed by atoms with Crippen LogP contribution in [0.25, 0.3) is 11.1 Å². The maximum absolute atomic E-state index is 13.4. The Kier molecular flexibility index (Phi) is 5.10. The summed E-state index contributed by atoms with van der Waals surface area (Å²) in [5.41, 5.74) is 3.74. The molecule has 0 fully saturated rings. The molecule has 0 N–H and O–H groups in total. The zero-order chi connectivity index (χ0) is 19.8. The molecule has 2 aromatic heterocycles. The lowest BCUT2D eigenvalue weighted by Gasteiger charge is -2.34. The normalized spacial score (nSPS) is 16.4. The number of halogens is 2. The highest BCUT2D eigenvalue weighted by atomic mass is 35.5. The predicted octanol–water partition coefficient (Wildman–Crippen LogP) is 4.41. The molecule has 28 heavy (non-hydrogen) atoms. The molecular weight excluding hydrogens is 399 g/mol. The third-order valence-electron chi connectivity index (χ3n) is 4.76. The van der Waals surface area contributed by atoms with Gasteiger partial charge in [-0.3, -0.25) is 14.5 Å². The molecule has 1 aliphatic heterocycles. The van der Waals surface area contributed by atoms with E-state index in [4.69, 9.17) is 27.9 Å². The molecule has 0 spiro atoms. The summed E-state index contributed by atoms with van der Waals surface area (Å²) in [5.74, 6) is -0.146. The van der Waals surface area contributed by atoms with Gasteiger partial charge < -0.3 is 9.64 Å². The highest BCUT2D eigenvalue weighted by Gasteiger charge is 2.35. The molecule has 8 heteroatoms. The summed E-state index contributed by atoms with van der Waals surface area (Å²) in [6.45, 7) is 2.76. The number of anilines is 1. The Balaban J connectivity index is 1.83. The number of hydrogen-bond donors (Lipinski definition) is 0. The second-order valence-electron chi connectivity index (χ2n) is 6.66. The molecule has 0 saturated carbocycles. The van der Waals surface area contributed by atoms with Gasteiger partial charge in [0.25, 0.3) is 5.91 Å². The molecule has 6 nitrogen and oxygen atoms in total. The van der Waals surface area contributed by atoms with Crippen LogP contribution >= 0.6 is 23.2 Å². The second-order valence-corrected chi connectivity index (χ2v) is 7.48. The number of methoxy groups -OCH3 is 1. The molecule has 3 aromatic rings. The van der Waals surface area contributed by atoms with Crippen molar-refractivity contribution in [3.63, 3.8) is 0 Å². The molecule has 0 unspecified atom stereocenters. The van der Waals surface area contributed by atoms with Crippen LogP contribution < -0.4 is 4.90 Å². The fourth-order valence-electron chi connectivity index (χ4n) is 3.47. The Morgan fingerprint density at radius 2 is 2.04 bits per heavy atom. The van der Waals surface area contributed by atoms with Gasteiger partial charge in [0.1, 0.15) is 5.69 Å². The van der Waals surface area contributed by atoms with E-state index in [0.29, 0.717) is 34.6 Å². The van der Waals surface area contributed by atoms with Crippen LogP contribution in [-0.2, 0) is 4.74 Å². The van der Waals surface area contributed by atoms with Crippen LogP contribution in [0.3, 0.4) is 0 Å². The fourth-order valence-corrected chi connectivity index (χ4v) is 3.76. The summed E-state index contributed by atoms with van der Waals surface area (Å²) in [4.78, 5) is 19.4. The van der Waals surface area contributed by atoms with Crippen molar-refractivity contribution in [3.05, 3.63) is 64.2 Å². The van der Waals surface area contributed by atoms with Crippen LogP contribution in [0, 0.1) is 6.92 Å². The molecule has 1 aromatic carbocycles. The van der Waals surface area contributed by atoms with Gasteiger partial charge in [-0.2, -0.15) is 5.10 Å². The van der Waals surface area contributed by atoms with Gasteiger partial charge in [-0.1, -0.05) is 23.2 Å². The van der Waals surface area contributed by atoms with Crippen LogP contribution in [0.2, 0.25) is 10.0 Å². The largest absolute Gasteiger partial charge is 0.382 e. The minimum atomic E-state index is -0.146. The number of rotatable bonds is 4. The number of ether oxygens (including phenoxy) is 1. The van der Waals surface area contributed by atoms with Crippen molar-refractivity contribution in [1.29, 1.82) is 0 Å². The number of carbonyl (C=O) groups is 1. The first kappa shape index (κ1) is 18.9. The number of aryl methyl sites for hydroxylation is 1. The third-order valence-corrected chi connectivity index (χ3v) is 5.50. The van der Waals surface area contributed by atoms with Crippen molar-refractivity contribution in [3.8, 4) is 11.1 Å². The minimum Gasteiger partial charge on any atom is -0.382 e. The van der Waals surface area contributed by atoms with Gasteiger partial charge in [0.15, 0.2) is 0 Å². The number of amides is 1. The molecule has 0 bridgehead atoms. The molecule has 0 radical (unpaired) electrons. The Morgan fingerprint density at radius 3 is 2.75 bits per heavy atom. The summed E-state index contributed by atoms with van der Waals surface area (Å²) in [7, 11) is 1.64. The SMILES string of the molecule is COC[C@H]1CN(c2ccc(Cl)c(Cl)c2)C(=O)c2c(-c3ccnc(C)c3)cnn21. The molecule has 4 rings (SSSR count). The lowest BCUT2D eigenvalue weighted by Crippen LogP contribution is -2.45. The van der Waals surface area contributed by atoms with E-state index in [1.165, 1.54) is 0 Å². The van der Waals surface area contributed by atoms with Crippen LogP contribution in [0.1, 0.15) is 22.2 Å². The third kappa shape index (κ3) is 3.28. The number of hydrogen-bond acceptors (Lipinski definition) is 4. The summed E-state index contributed by atoms with van der Waals surface area (Å²) >= 11 is 12.2. The number of fused-ring (bicyclic) bond motifs is 1. The number of aromatic nitrogens is 3. The lowest BCUT2D eigenvalue weighted by atomic mass is 10.0. The molecular formula is C20H18Cl2N4O2. The van der Waals surface area contributed by atoms with E-state index in [2.05, 4.69) is 10.1 Å². The fraction of sp³-hybridized carbons (Fsp3) is 0.250. The highest BCUT2D eigenvalue weighted by Crippen LogP contribution is 2.35. The quantitative estimate of drug-likeness (QED) is 0.631. The van der Waals surface area contributed by atoms with Crippen molar-refractivity contribution < 1.29 is 9.53 Å². The molecule has 1 amide bonds. The van der Waals surface area contributed by atoms with Gasteiger partial charge in [0.2, 0.25) is 0 Å². The average Bonchev–Trinajstić information content (AvgIpc) is 3.12. The maximum atomic E-state index is 13.4. The lowest BCUT2D eigenvalue weighted by molar-refractivity contribution is 0.0912. The summed E-state index contributed by atoms with van der Waals surface area (Å²) < 4.78 is 7.13. The van der Waals surface area contributed by atoms with Gasteiger partial charge in [0, 0.05) is 30.3 Å². The maximum Gasteiger partial charge on any atom is 0.277 e. The first-order valence-corrected chi connectivity index (χ1v) is 9.51.